The molecule has 0 radical (unpaired) electrons. The van der Waals surface area contributed by atoms with Gasteiger partial charge in [0.05, 0.1) is 11.9 Å². The molecule has 8 heteroatoms. The maximum atomic E-state index is 13.5. The van der Waals surface area contributed by atoms with Crippen molar-refractivity contribution in [2.24, 2.45) is 7.05 Å². The largest absolute Gasteiger partial charge is 0.416 e. The summed E-state index contributed by atoms with van der Waals surface area (Å²) in [7, 11) is 1.73. The summed E-state index contributed by atoms with van der Waals surface area (Å²) < 4.78 is 55.3. The molecule has 30 heavy (non-hydrogen) atoms. The first-order valence-corrected chi connectivity index (χ1v) is 9.30. The van der Waals surface area contributed by atoms with Crippen LogP contribution >= 0.6 is 0 Å². The van der Waals surface area contributed by atoms with Gasteiger partial charge in [0.1, 0.15) is 11.5 Å². The Bertz CT molecular complexity index is 1040. The van der Waals surface area contributed by atoms with Crippen molar-refractivity contribution in [1.29, 1.82) is 0 Å². The molecule has 3 aromatic rings. The summed E-state index contributed by atoms with van der Waals surface area (Å²) in [6.45, 7) is 3.55. The van der Waals surface area contributed by atoms with Crippen LogP contribution in [0.3, 0.4) is 0 Å². The number of nitrogens with zero attached hydrogens (tertiary/aromatic N) is 3. The van der Waals surface area contributed by atoms with Crippen LogP contribution in [-0.2, 0) is 19.8 Å². The second-order valence-corrected chi connectivity index (χ2v) is 7.37. The molecular formula is C22H21F4N3O. The average Bonchev–Trinajstić information content (AvgIpc) is 3.11. The van der Waals surface area contributed by atoms with Crippen LogP contribution in [0.15, 0.2) is 55.0 Å². The first-order chi connectivity index (χ1) is 14.0. The highest BCUT2D eigenvalue weighted by atomic mass is 19.4. The molecule has 0 fully saturated rings. The number of benzene rings is 2. The minimum Gasteiger partial charge on any atom is -0.340 e. The third-order valence-electron chi connectivity index (χ3n) is 4.66. The topological polar surface area (TPSA) is 38.1 Å². The number of aryl methyl sites for hydroxylation is 1. The Morgan fingerprint density at radius 2 is 1.77 bits per heavy atom. The van der Waals surface area contributed by atoms with Crippen molar-refractivity contribution in [3.8, 4) is 11.1 Å². The predicted octanol–water partition coefficient (Wildman–Crippen LogP) is 5.30. The van der Waals surface area contributed by atoms with Gasteiger partial charge in [-0.1, -0.05) is 12.1 Å². The first-order valence-electron chi connectivity index (χ1n) is 9.30. The van der Waals surface area contributed by atoms with Crippen molar-refractivity contribution in [3.05, 3.63) is 77.6 Å². The Balaban J connectivity index is 2.01. The van der Waals surface area contributed by atoms with Crippen LogP contribution in [0.4, 0.5) is 17.6 Å². The van der Waals surface area contributed by atoms with E-state index in [1.54, 1.807) is 37.7 Å². The molecule has 0 saturated heterocycles. The molecule has 0 aliphatic heterocycles. The predicted molar refractivity (Wildman–Crippen MR) is 105 cm³/mol. The van der Waals surface area contributed by atoms with Gasteiger partial charge < -0.3 is 9.47 Å². The second kappa shape index (κ2) is 8.30. The van der Waals surface area contributed by atoms with E-state index in [-0.39, 0.29) is 24.2 Å². The van der Waals surface area contributed by atoms with Gasteiger partial charge >= 0.3 is 6.18 Å². The van der Waals surface area contributed by atoms with Crippen LogP contribution < -0.4 is 0 Å². The van der Waals surface area contributed by atoms with E-state index in [1.165, 1.54) is 35.5 Å². The lowest BCUT2D eigenvalue weighted by atomic mass is 9.99. The lowest BCUT2D eigenvalue weighted by Gasteiger charge is -2.27. The zero-order valence-electron chi connectivity index (χ0n) is 16.7. The standard InChI is InChI=1S/C22H21F4N3O/c1-14(2)29(21(30)20-12-28(3)13-27-20)11-15-8-17(10-18(9-15)22(24,25)26)16-4-6-19(23)7-5-16/h4-10,12-14H,11H2,1-3H3. The van der Waals surface area contributed by atoms with Crippen molar-refractivity contribution >= 4 is 5.91 Å². The minimum atomic E-state index is -4.56. The number of alkyl halides is 3. The zero-order valence-corrected chi connectivity index (χ0v) is 16.7. The highest BCUT2D eigenvalue weighted by Gasteiger charge is 2.32. The van der Waals surface area contributed by atoms with Gasteiger partial charge in [0.15, 0.2) is 0 Å². The first kappa shape index (κ1) is 21.5. The normalized spacial score (nSPS) is 11.7. The lowest BCUT2D eigenvalue weighted by Crippen LogP contribution is -2.36. The maximum absolute atomic E-state index is 13.5. The summed E-state index contributed by atoms with van der Waals surface area (Å²) in [6.07, 6.45) is -1.51. The smallest absolute Gasteiger partial charge is 0.340 e. The summed E-state index contributed by atoms with van der Waals surface area (Å²) in [5.41, 5.74) is 0.470. The Hall–Kier alpha value is -3.16. The SMILES string of the molecule is CC(C)N(Cc1cc(-c2ccc(F)cc2)cc(C(F)(F)F)c1)C(=O)c1cn(C)cn1. The summed E-state index contributed by atoms with van der Waals surface area (Å²) in [5.74, 6) is -0.843. The summed E-state index contributed by atoms with van der Waals surface area (Å²) >= 11 is 0. The van der Waals surface area contributed by atoms with Gasteiger partial charge in [0, 0.05) is 25.8 Å². The fraction of sp³-hybridized carbons (Fsp3) is 0.273. The molecule has 0 N–H and O–H groups in total. The Morgan fingerprint density at radius 1 is 1.10 bits per heavy atom. The monoisotopic (exact) mass is 419 g/mol. The van der Waals surface area contributed by atoms with Gasteiger partial charge in [-0.05, 0) is 60.9 Å². The molecule has 0 unspecified atom stereocenters. The summed E-state index contributed by atoms with van der Waals surface area (Å²) in [6, 6.07) is 8.63. The minimum absolute atomic E-state index is 0.0226. The van der Waals surface area contributed by atoms with E-state index in [9.17, 15) is 22.4 Å². The van der Waals surface area contributed by atoms with Crippen LogP contribution in [0.2, 0.25) is 0 Å². The highest BCUT2D eigenvalue weighted by Crippen LogP contribution is 2.34. The van der Waals surface area contributed by atoms with Gasteiger partial charge in [-0.15, -0.1) is 0 Å². The number of hydrogen-bond donors (Lipinski definition) is 0. The molecule has 0 bridgehead atoms. The molecule has 1 aromatic heterocycles. The number of carbonyl (C=O) groups is 1. The van der Waals surface area contributed by atoms with Gasteiger partial charge in [-0.3, -0.25) is 4.79 Å². The molecular weight excluding hydrogens is 398 g/mol. The van der Waals surface area contributed by atoms with E-state index in [1.807, 2.05) is 0 Å². The molecule has 4 nitrogen and oxygen atoms in total. The van der Waals surface area contributed by atoms with Gasteiger partial charge in [0.25, 0.3) is 5.91 Å². The van der Waals surface area contributed by atoms with E-state index in [0.717, 1.165) is 12.1 Å². The Labute approximate surface area is 171 Å². The number of rotatable bonds is 5. The highest BCUT2D eigenvalue weighted by molar-refractivity contribution is 5.92. The number of hydrogen-bond acceptors (Lipinski definition) is 2. The van der Waals surface area contributed by atoms with E-state index in [0.29, 0.717) is 16.7 Å². The third kappa shape index (κ3) is 4.87. The van der Waals surface area contributed by atoms with Gasteiger partial charge in [0.2, 0.25) is 0 Å². The van der Waals surface area contributed by atoms with Crippen molar-refractivity contribution in [2.75, 3.05) is 0 Å². The van der Waals surface area contributed by atoms with Crippen molar-refractivity contribution in [2.45, 2.75) is 32.6 Å². The number of imidazole rings is 1. The second-order valence-electron chi connectivity index (χ2n) is 7.37. The fourth-order valence-corrected chi connectivity index (χ4v) is 3.11. The number of amides is 1. The molecule has 3 rings (SSSR count). The Kier molecular flexibility index (Phi) is 5.96. The van der Waals surface area contributed by atoms with Crippen LogP contribution in [0, 0.1) is 5.82 Å². The zero-order chi connectivity index (χ0) is 22.1. The Morgan fingerprint density at radius 3 is 2.30 bits per heavy atom. The molecule has 158 valence electrons. The third-order valence-corrected chi connectivity index (χ3v) is 4.66. The van der Waals surface area contributed by atoms with E-state index < -0.39 is 17.6 Å². The van der Waals surface area contributed by atoms with Crippen molar-refractivity contribution < 1.29 is 22.4 Å². The quantitative estimate of drug-likeness (QED) is 0.527. The van der Waals surface area contributed by atoms with Crippen LogP contribution in [0.1, 0.15) is 35.5 Å². The molecule has 0 spiro atoms. The van der Waals surface area contributed by atoms with Crippen molar-refractivity contribution in [1.82, 2.24) is 14.5 Å². The lowest BCUT2D eigenvalue weighted by molar-refractivity contribution is -0.137. The molecule has 2 aromatic carbocycles. The number of aromatic nitrogens is 2. The van der Waals surface area contributed by atoms with Crippen LogP contribution in [-0.4, -0.2) is 26.4 Å². The van der Waals surface area contributed by atoms with E-state index >= 15 is 0 Å². The average molecular weight is 419 g/mol. The molecule has 1 heterocycles. The summed E-state index contributed by atoms with van der Waals surface area (Å²) in [4.78, 5) is 18.4. The number of carbonyl (C=O) groups excluding carboxylic acids is 1. The molecule has 0 aliphatic rings. The van der Waals surface area contributed by atoms with Gasteiger partial charge in [-0.2, -0.15) is 13.2 Å². The van der Waals surface area contributed by atoms with Gasteiger partial charge in [-0.25, -0.2) is 9.37 Å². The summed E-state index contributed by atoms with van der Waals surface area (Å²) in [5, 5.41) is 0. The maximum Gasteiger partial charge on any atom is 0.416 e. The van der Waals surface area contributed by atoms with E-state index in [2.05, 4.69) is 4.98 Å². The molecule has 0 saturated carbocycles. The van der Waals surface area contributed by atoms with Crippen LogP contribution in [0.5, 0.6) is 0 Å². The molecule has 0 aliphatic carbocycles. The molecule has 0 atom stereocenters. The number of halogens is 4. The van der Waals surface area contributed by atoms with Crippen molar-refractivity contribution in [3.63, 3.8) is 0 Å². The van der Waals surface area contributed by atoms with E-state index in [4.69, 9.17) is 0 Å². The fourth-order valence-electron chi connectivity index (χ4n) is 3.11. The molecule has 1 amide bonds. The van der Waals surface area contributed by atoms with Crippen LogP contribution in [0.25, 0.3) is 11.1 Å².